The van der Waals surface area contributed by atoms with E-state index in [1.165, 1.54) is 19.1 Å². The van der Waals surface area contributed by atoms with Gasteiger partial charge in [-0.15, -0.1) is 0 Å². The van der Waals surface area contributed by atoms with Crippen molar-refractivity contribution in [3.63, 3.8) is 0 Å². The second-order valence-corrected chi connectivity index (χ2v) is 6.94. The van der Waals surface area contributed by atoms with Gasteiger partial charge in [0.15, 0.2) is 11.6 Å². The maximum absolute atomic E-state index is 14.0. The van der Waals surface area contributed by atoms with E-state index in [-0.39, 0.29) is 11.3 Å². The van der Waals surface area contributed by atoms with E-state index in [1.54, 1.807) is 20.8 Å². The van der Waals surface area contributed by atoms with E-state index in [0.29, 0.717) is 0 Å². The normalized spacial score (nSPS) is 14.6. The number of hydrogen-bond donors (Lipinski definition) is 0. The highest BCUT2D eigenvalue weighted by Crippen LogP contribution is 2.24. The van der Waals surface area contributed by atoms with Crippen LogP contribution in [-0.4, -0.2) is 21.6 Å². The van der Waals surface area contributed by atoms with Crippen molar-refractivity contribution in [2.75, 3.05) is 0 Å². The summed E-state index contributed by atoms with van der Waals surface area (Å²) in [5.74, 6) is -1.51. The summed E-state index contributed by atoms with van der Waals surface area (Å²) in [7, 11) is 0. The topological polar surface area (TPSA) is 44.7 Å². The molecule has 0 spiro atoms. The fourth-order valence-electron chi connectivity index (χ4n) is 1.29. The lowest BCUT2D eigenvalue weighted by Gasteiger charge is -2.19. The summed E-state index contributed by atoms with van der Waals surface area (Å²) in [5, 5.41) is 0. The van der Waals surface area contributed by atoms with Crippen LogP contribution in [0.5, 0.6) is 5.75 Å². The second-order valence-electron chi connectivity index (χ2n) is 5.03. The molecular formula is C13H16F3NO2S. The predicted octanol–water partition coefficient (Wildman–Crippen LogP) is 3.70. The summed E-state index contributed by atoms with van der Waals surface area (Å²) < 4.78 is 57.5. The molecule has 0 heterocycles. The molecule has 20 heavy (non-hydrogen) atoms. The van der Waals surface area contributed by atoms with Gasteiger partial charge < -0.3 is 9.29 Å². The zero-order valence-electron chi connectivity index (χ0n) is 11.6. The summed E-state index contributed by atoms with van der Waals surface area (Å²) >= 11 is -1.56. The summed E-state index contributed by atoms with van der Waals surface area (Å²) in [5.41, 5.74) is 0.149. The molecule has 1 aromatic rings. The molecule has 1 atom stereocenters. The van der Waals surface area contributed by atoms with Crippen LogP contribution in [-0.2, 0) is 11.4 Å². The van der Waals surface area contributed by atoms with Gasteiger partial charge in [-0.2, -0.15) is 8.78 Å². The van der Waals surface area contributed by atoms with Gasteiger partial charge in [0.25, 0.3) is 0 Å². The number of halogens is 3. The highest BCUT2D eigenvalue weighted by molar-refractivity contribution is 7.91. The lowest BCUT2D eigenvalue weighted by atomic mass is 10.1. The van der Waals surface area contributed by atoms with Crippen molar-refractivity contribution < 1.29 is 22.5 Å². The number of ether oxygens (including phenoxy) is 1. The van der Waals surface area contributed by atoms with E-state index < -0.39 is 34.3 Å². The maximum Gasteiger partial charge on any atom is 0.387 e. The smallest absolute Gasteiger partial charge is 0.387 e. The summed E-state index contributed by atoms with van der Waals surface area (Å²) in [6.07, 6.45) is 0. The predicted molar refractivity (Wildman–Crippen MR) is 73.1 cm³/mol. The molecule has 0 saturated carbocycles. The molecule has 0 amide bonds. The molecule has 1 aromatic carbocycles. The first-order valence-corrected chi connectivity index (χ1v) is 6.94. The van der Waals surface area contributed by atoms with E-state index >= 15 is 0 Å². The summed E-state index contributed by atoms with van der Waals surface area (Å²) in [4.78, 5) is 0. The van der Waals surface area contributed by atoms with Crippen LogP contribution < -0.4 is 4.74 Å². The van der Waals surface area contributed by atoms with Crippen molar-refractivity contribution in [1.82, 2.24) is 0 Å². The third kappa shape index (κ3) is 4.42. The Morgan fingerprint density at radius 1 is 1.35 bits per heavy atom. The standard InChI is InChI=1S/C13H16F3NO2S/c1-8(17-20(18)13(2,3)4)9-6-5-7-10(11(9)14)19-12(15)16/h5-7,12H,1-4H3/t20-/m0/s1. The molecule has 0 radical (unpaired) electrons. The number of hydrogen-bond acceptors (Lipinski definition) is 3. The Labute approximate surface area is 119 Å². The first kappa shape index (κ1) is 16.8. The van der Waals surface area contributed by atoms with Gasteiger partial charge in [-0.1, -0.05) is 10.5 Å². The highest BCUT2D eigenvalue weighted by Gasteiger charge is 2.27. The van der Waals surface area contributed by atoms with Crippen LogP contribution in [0.4, 0.5) is 13.2 Å². The number of alkyl halides is 2. The van der Waals surface area contributed by atoms with Crippen molar-refractivity contribution in [2.24, 2.45) is 4.40 Å². The van der Waals surface area contributed by atoms with Gasteiger partial charge >= 0.3 is 6.61 Å². The lowest BCUT2D eigenvalue weighted by Crippen LogP contribution is -2.26. The molecule has 0 aliphatic rings. The van der Waals surface area contributed by atoms with Crippen LogP contribution in [0.25, 0.3) is 0 Å². The number of rotatable bonds is 4. The van der Waals surface area contributed by atoms with Crippen LogP contribution in [0.15, 0.2) is 22.6 Å². The third-order valence-corrected chi connectivity index (χ3v) is 3.80. The molecule has 0 N–H and O–H groups in total. The maximum atomic E-state index is 14.0. The van der Waals surface area contributed by atoms with Crippen molar-refractivity contribution in [3.8, 4) is 5.75 Å². The zero-order chi connectivity index (χ0) is 15.5. The lowest BCUT2D eigenvalue weighted by molar-refractivity contribution is -0.0522. The van der Waals surface area contributed by atoms with Crippen molar-refractivity contribution >= 4 is 17.1 Å². The molecule has 0 unspecified atom stereocenters. The van der Waals surface area contributed by atoms with E-state index in [9.17, 15) is 17.7 Å². The largest absolute Gasteiger partial charge is 0.591 e. The quantitative estimate of drug-likeness (QED) is 0.629. The number of benzene rings is 1. The van der Waals surface area contributed by atoms with Crippen LogP contribution >= 0.6 is 0 Å². The zero-order valence-corrected chi connectivity index (χ0v) is 12.4. The molecule has 0 fully saturated rings. The van der Waals surface area contributed by atoms with Gasteiger partial charge in [-0.25, -0.2) is 4.39 Å². The fourth-order valence-corrected chi connectivity index (χ4v) is 1.91. The van der Waals surface area contributed by atoms with Crippen molar-refractivity contribution in [1.29, 1.82) is 0 Å². The molecular weight excluding hydrogens is 291 g/mol. The van der Waals surface area contributed by atoms with Gasteiger partial charge in [0, 0.05) is 5.56 Å². The van der Waals surface area contributed by atoms with E-state index in [4.69, 9.17) is 0 Å². The first-order valence-electron chi connectivity index (χ1n) is 5.84. The second kappa shape index (κ2) is 6.49. The van der Waals surface area contributed by atoms with Crippen LogP contribution in [0.2, 0.25) is 0 Å². The molecule has 112 valence electrons. The summed E-state index contributed by atoms with van der Waals surface area (Å²) in [6.45, 7) is 3.54. The molecule has 0 bridgehead atoms. The molecule has 0 aliphatic carbocycles. The molecule has 1 rings (SSSR count). The Balaban J connectivity index is 3.11. The molecule has 7 heteroatoms. The minimum Gasteiger partial charge on any atom is -0.591 e. The Kier molecular flexibility index (Phi) is 5.47. The van der Waals surface area contributed by atoms with Crippen molar-refractivity contribution in [2.45, 2.75) is 39.1 Å². The summed E-state index contributed by atoms with van der Waals surface area (Å²) in [6, 6.07) is 3.83. The van der Waals surface area contributed by atoms with E-state index in [2.05, 4.69) is 9.13 Å². The molecule has 3 nitrogen and oxygen atoms in total. The van der Waals surface area contributed by atoms with Crippen LogP contribution in [0, 0.1) is 5.82 Å². The Morgan fingerprint density at radius 2 is 1.95 bits per heavy atom. The fraction of sp³-hybridized carbons (Fsp3) is 0.462. The molecule has 0 aliphatic heterocycles. The average Bonchev–Trinajstić information content (AvgIpc) is 2.29. The van der Waals surface area contributed by atoms with Gasteiger partial charge in [0.05, 0.1) is 5.71 Å². The van der Waals surface area contributed by atoms with Gasteiger partial charge in [0.1, 0.15) is 16.1 Å². The van der Waals surface area contributed by atoms with E-state index in [0.717, 1.165) is 6.07 Å². The van der Waals surface area contributed by atoms with Gasteiger partial charge in [-0.3, -0.25) is 0 Å². The minimum absolute atomic E-state index is 0.0132. The molecule has 0 saturated heterocycles. The molecule has 0 aromatic heterocycles. The van der Waals surface area contributed by atoms with Crippen LogP contribution in [0.1, 0.15) is 33.3 Å². The average molecular weight is 307 g/mol. The van der Waals surface area contributed by atoms with Gasteiger partial charge in [0.2, 0.25) is 0 Å². The van der Waals surface area contributed by atoms with Gasteiger partial charge in [-0.05, 0) is 39.8 Å². The first-order chi connectivity index (χ1) is 9.12. The Morgan fingerprint density at radius 3 is 2.45 bits per heavy atom. The SMILES string of the molecule is CC(=N[S@@+]([O-])C(C)(C)C)c1cccc(OC(F)F)c1F. The third-order valence-electron chi connectivity index (χ3n) is 2.31. The number of nitrogens with zero attached hydrogens (tertiary/aromatic N) is 1. The Bertz CT molecular complexity index is 501. The monoisotopic (exact) mass is 307 g/mol. The minimum atomic E-state index is -3.11. The highest BCUT2D eigenvalue weighted by atomic mass is 32.2. The van der Waals surface area contributed by atoms with Crippen LogP contribution in [0.3, 0.4) is 0 Å². The Hall–Kier alpha value is -1.21. The van der Waals surface area contributed by atoms with E-state index in [1.807, 2.05) is 0 Å². The van der Waals surface area contributed by atoms with Crippen molar-refractivity contribution in [3.05, 3.63) is 29.6 Å².